The number of primary sulfonamides is 1. The molecule has 2 rings (SSSR count). The van der Waals surface area contributed by atoms with Crippen LogP contribution in [0.25, 0.3) is 0 Å². The van der Waals surface area contributed by atoms with Crippen molar-refractivity contribution in [1.82, 2.24) is 10.6 Å². The number of amides is 3. The van der Waals surface area contributed by atoms with Gasteiger partial charge in [-0.1, -0.05) is 0 Å². The summed E-state index contributed by atoms with van der Waals surface area (Å²) in [6.07, 6.45) is 0. The number of nitrogens with one attached hydrogen (secondary N) is 3. The van der Waals surface area contributed by atoms with Crippen LogP contribution in [0.1, 0.15) is 27.6 Å². The summed E-state index contributed by atoms with van der Waals surface area (Å²) in [4.78, 5) is 34.9. The van der Waals surface area contributed by atoms with Crippen molar-refractivity contribution in [2.45, 2.75) is 11.8 Å². The van der Waals surface area contributed by atoms with Crippen molar-refractivity contribution >= 4 is 33.4 Å². The van der Waals surface area contributed by atoms with Gasteiger partial charge < -0.3 is 16.0 Å². The van der Waals surface area contributed by atoms with Gasteiger partial charge in [-0.3, -0.25) is 14.4 Å². The highest BCUT2D eigenvalue weighted by atomic mass is 32.2. The molecule has 0 radical (unpaired) electrons. The van der Waals surface area contributed by atoms with E-state index in [0.717, 1.165) is 0 Å². The highest BCUT2D eigenvalue weighted by Gasteiger charge is 2.11. The summed E-state index contributed by atoms with van der Waals surface area (Å²) in [5.74, 6) is -0.913. The number of hydrogen-bond acceptors (Lipinski definition) is 5. The Bertz CT molecular complexity index is 970. The Kier molecular flexibility index (Phi) is 6.85. The van der Waals surface area contributed by atoms with Gasteiger partial charge in [-0.25, -0.2) is 13.6 Å². The lowest BCUT2D eigenvalue weighted by Gasteiger charge is -2.08. The van der Waals surface area contributed by atoms with E-state index in [2.05, 4.69) is 16.0 Å². The van der Waals surface area contributed by atoms with Crippen LogP contribution in [0.3, 0.4) is 0 Å². The molecule has 0 bridgehead atoms. The summed E-state index contributed by atoms with van der Waals surface area (Å²) >= 11 is 0. The number of anilines is 1. The Balaban J connectivity index is 1.93. The fourth-order valence-electron chi connectivity index (χ4n) is 2.22. The van der Waals surface area contributed by atoms with Gasteiger partial charge in [-0.15, -0.1) is 0 Å². The van der Waals surface area contributed by atoms with Gasteiger partial charge in [0.25, 0.3) is 11.8 Å². The zero-order valence-corrected chi connectivity index (χ0v) is 15.9. The second-order valence-electron chi connectivity index (χ2n) is 5.84. The lowest BCUT2D eigenvalue weighted by Crippen LogP contribution is -2.33. The maximum atomic E-state index is 12.2. The van der Waals surface area contributed by atoms with E-state index in [9.17, 15) is 22.8 Å². The molecule has 3 amide bonds. The van der Waals surface area contributed by atoms with Crippen LogP contribution < -0.4 is 21.1 Å². The van der Waals surface area contributed by atoms with Gasteiger partial charge in [0.1, 0.15) is 0 Å². The fraction of sp³-hybridized carbons (Fsp3) is 0.167. The van der Waals surface area contributed by atoms with Gasteiger partial charge in [0.15, 0.2) is 0 Å². The highest BCUT2D eigenvalue weighted by Crippen LogP contribution is 2.13. The number of hydrogen-bond donors (Lipinski definition) is 4. The van der Waals surface area contributed by atoms with Gasteiger partial charge in [0, 0.05) is 36.8 Å². The van der Waals surface area contributed by atoms with Crippen LogP contribution in [-0.4, -0.2) is 39.2 Å². The quantitative estimate of drug-likeness (QED) is 0.495. The monoisotopic (exact) mass is 404 g/mol. The first kappa shape index (κ1) is 21.1. The molecule has 10 heteroatoms. The SMILES string of the molecule is CC(=O)NCCNC(=O)c1ccc(NC(=O)c2ccc(S(N)(=O)=O)cc2)cc1. The molecule has 0 fully saturated rings. The number of rotatable bonds is 7. The molecule has 0 unspecified atom stereocenters. The smallest absolute Gasteiger partial charge is 0.255 e. The van der Waals surface area contributed by atoms with Gasteiger partial charge in [0.2, 0.25) is 15.9 Å². The Morgan fingerprint density at radius 3 is 1.86 bits per heavy atom. The van der Waals surface area contributed by atoms with Crippen LogP contribution in [0.4, 0.5) is 5.69 Å². The van der Waals surface area contributed by atoms with Crippen LogP contribution in [-0.2, 0) is 14.8 Å². The van der Waals surface area contributed by atoms with Gasteiger partial charge >= 0.3 is 0 Å². The summed E-state index contributed by atoms with van der Waals surface area (Å²) in [5, 5.41) is 12.9. The Morgan fingerprint density at radius 1 is 0.821 bits per heavy atom. The number of benzene rings is 2. The minimum Gasteiger partial charge on any atom is -0.355 e. The molecule has 0 atom stereocenters. The van der Waals surface area contributed by atoms with E-state index in [1.54, 1.807) is 24.3 Å². The second-order valence-corrected chi connectivity index (χ2v) is 7.40. The minimum atomic E-state index is -3.82. The molecule has 0 aliphatic rings. The summed E-state index contributed by atoms with van der Waals surface area (Å²) < 4.78 is 22.5. The van der Waals surface area contributed by atoms with Crippen molar-refractivity contribution in [2.24, 2.45) is 5.14 Å². The Morgan fingerprint density at radius 2 is 1.32 bits per heavy atom. The molecule has 0 aromatic heterocycles. The largest absolute Gasteiger partial charge is 0.355 e. The van der Waals surface area contributed by atoms with Crippen molar-refractivity contribution in [1.29, 1.82) is 0 Å². The molecule has 2 aromatic carbocycles. The lowest BCUT2D eigenvalue weighted by atomic mass is 10.1. The Hall–Kier alpha value is -3.24. The van der Waals surface area contributed by atoms with Gasteiger partial charge in [-0.2, -0.15) is 0 Å². The van der Waals surface area contributed by atoms with Crippen LogP contribution >= 0.6 is 0 Å². The maximum absolute atomic E-state index is 12.2. The first-order valence-corrected chi connectivity index (χ1v) is 9.78. The van der Waals surface area contributed by atoms with Crippen molar-refractivity contribution < 1.29 is 22.8 Å². The highest BCUT2D eigenvalue weighted by molar-refractivity contribution is 7.89. The third-order valence-electron chi connectivity index (χ3n) is 3.63. The molecule has 2 aromatic rings. The number of sulfonamides is 1. The van der Waals surface area contributed by atoms with Crippen molar-refractivity contribution in [3.8, 4) is 0 Å². The maximum Gasteiger partial charge on any atom is 0.255 e. The van der Waals surface area contributed by atoms with E-state index in [1.165, 1.54) is 31.2 Å². The first-order chi connectivity index (χ1) is 13.2. The van der Waals surface area contributed by atoms with E-state index < -0.39 is 15.9 Å². The van der Waals surface area contributed by atoms with Crippen LogP contribution in [0.15, 0.2) is 53.4 Å². The zero-order chi connectivity index (χ0) is 20.7. The average Bonchev–Trinajstić information content (AvgIpc) is 2.65. The molecule has 0 spiro atoms. The van der Waals surface area contributed by atoms with Crippen molar-refractivity contribution in [3.05, 3.63) is 59.7 Å². The summed E-state index contributed by atoms with van der Waals surface area (Å²) in [6.45, 7) is 2.02. The van der Waals surface area contributed by atoms with Crippen LogP contribution in [0.2, 0.25) is 0 Å². The standard InChI is InChI=1S/C18H20N4O5S/c1-12(23)20-10-11-21-17(24)13-2-6-15(7-3-13)22-18(25)14-4-8-16(9-5-14)28(19,26)27/h2-9H,10-11H2,1H3,(H,20,23)(H,21,24)(H,22,25)(H2,19,26,27). The normalized spacial score (nSPS) is 10.8. The third kappa shape index (κ3) is 6.18. The average molecular weight is 404 g/mol. The molecule has 0 aliphatic heterocycles. The van der Waals surface area contributed by atoms with E-state index in [1.807, 2.05) is 0 Å². The van der Waals surface area contributed by atoms with Crippen LogP contribution in [0.5, 0.6) is 0 Å². The van der Waals surface area contributed by atoms with E-state index in [0.29, 0.717) is 24.3 Å². The summed E-state index contributed by atoms with van der Waals surface area (Å²) in [7, 11) is -3.82. The summed E-state index contributed by atoms with van der Waals surface area (Å²) in [6, 6.07) is 11.4. The predicted molar refractivity (Wildman–Crippen MR) is 103 cm³/mol. The number of carbonyl (C=O) groups is 3. The van der Waals surface area contributed by atoms with E-state index >= 15 is 0 Å². The lowest BCUT2D eigenvalue weighted by molar-refractivity contribution is -0.118. The van der Waals surface area contributed by atoms with E-state index in [4.69, 9.17) is 5.14 Å². The molecular weight excluding hydrogens is 384 g/mol. The van der Waals surface area contributed by atoms with Gasteiger partial charge in [-0.05, 0) is 48.5 Å². The van der Waals surface area contributed by atoms with Crippen LogP contribution in [0, 0.1) is 0 Å². The molecule has 9 nitrogen and oxygen atoms in total. The summed E-state index contributed by atoms with van der Waals surface area (Å²) in [5.41, 5.74) is 1.13. The molecule has 0 aliphatic carbocycles. The molecular formula is C18H20N4O5S. The topological polar surface area (TPSA) is 147 Å². The molecule has 5 N–H and O–H groups in total. The number of nitrogens with two attached hydrogens (primary N) is 1. The fourth-order valence-corrected chi connectivity index (χ4v) is 2.74. The molecule has 0 saturated heterocycles. The van der Waals surface area contributed by atoms with Crippen molar-refractivity contribution in [3.63, 3.8) is 0 Å². The molecule has 148 valence electrons. The molecule has 0 saturated carbocycles. The van der Waals surface area contributed by atoms with E-state index in [-0.39, 0.29) is 22.3 Å². The Labute approximate surface area is 162 Å². The predicted octanol–water partition coefficient (Wildman–Crippen LogP) is 0.452. The third-order valence-corrected chi connectivity index (χ3v) is 4.56. The van der Waals surface area contributed by atoms with Gasteiger partial charge in [0.05, 0.1) is 4.90 Å². The van der Waals surface area contributed by atoms with Crippen molar-refractivity contribution in [2.75, 3.05) is 18.4 Å². The molecule has 0 heterocycles. The molecule has 28 heavy (non-hydrogen) atoms. The number of carbonyl (C=O) groups excluding carboxylic acids is 3. The minimum absolute atomic E-state index is 0.0853. The first-order valence-electron chi connectivity index (χ1n) is 8.24. The zero-order valence-electron chi connectivity index (χ0n) is 15.1. The second kappa shape index (κ2) is 9.11.